The van der Waals surface area contributed by atoms with E-state index in [1.165, 1.54) is 27.4 Å². The van der Waals surface area contributed by atoms with Crippen molar-refractivity contribution in [2.24, 2.45) is 0 Å². The number of nitrogens with zero attached hydrogens (tertiary/aromatic N) is 5. The topological polar surface area (TPSA) is 48.5 Å². The van der Waals surface area contributed by atoms with E-state index in [2.05, 4.69) is 161 Å². The van der Waals surface area contributed by atoms with E-state index >= 15 is 0 Å². The lowest BCUT2D eigenvalue weighted by atomic mass is 10.0. The Kier molecular flexibility index (Phi) is 7.42. The third-order valence-electron chi connectivity index (χ3n) is 10.8. The number of pyridine rings is 1. The zero-order valence-electron chi connectivity index (χ0n) is 30.3. The second-order valence-corrected chi connectivity index (χ2v) is 14.1. The number of fused-ring (bicyclic) bond motifs is 6. The molecule has 0 saturated heterocycles. The Morgan fingerprint density at radius 2 is 0.857 bits per heavy atom. The smallest absolute Gasteiger partial charge is 0.160 e. The molecule has 0 bridgehead atoms. The highest BCUT2D eigenvalue weighted by Gasteiger charge is 2.18. The Balaban J connectivity index is 1.05. The van der Waals surface area contributed by atoms with E-state index in [-0.39, 0.29) is 0 Å². The summed E-state index contributed by atoms with van der Waals surface area (Å²) in [6.07, 6.45) is 1.88. The number of rotatable bonds is 6. The Morgan fingerprint density at radius 1 is 0.321 bits per heavy atom. The lowest BCUT2D eigenvalue weighted by Gasteiger charge is -2.12. The first-order valence-electron chi connectivity index (χ1n) is 18.9. The van der Waals surface area contributed by atoms with E-state index in [0.717, 1.165) is 67.0 Å². The van der Waals surface area contributed by atoms with Gasteiger partial charge in [0.1, 0.15) is 0 Å². The normalized spacial score (nSPS) is 11.6. The Hall–Kier alpha value is -7.63. The Morgan fingerprint density at radius 3 is 1.57 bits per heavy atom. The van der Waals surface area contributed by atoms with Crippen LogP contribution in [-0.4, -0.2) is 24.1 Å². The van der Waals surface area contributed by atoms with Crippen molar-refractivity contribution in [1.29, 1.82) is 0 Å². The van der Waals surface area contributed by atoms with Crippen LogP contribution in [0.2, 0.25) is 0 Å². The minimum Gasteiger partial charge on any atom is -0.309 e. The lowest BCUT2D eigenvalue weighted by Crippen LogP contribution is -1.98. The van der Waals surface area contributed by atoms with Gasteiger partial charge in [-0.05, 0) is 83.9 Å². The predicted octanol–water partition coefficient (Wildman–Crippen LogP) is 12.7. The summed E-state index contributed by atoms with van der Waals surface area (Å²) in [7, 11) is 0. The van der Waals surface area contributed by atoms with Crippen LogP contribution in [0, 0.1) is 0 Å². The van der Waals surface area contributed by atoms with Crippen LogP contribution in [0.5, 0.6) is 0 Å². The van der Waals surface area contributed by atoms with Crippen molar-refractivity contribution in [1.82, 2.24) is 24.1 Å². The first-order chi connectivity index (χ1) is 27.8. The molecule has 11 rings (SSSR count). The molecule has 0 aliphatic rings. The monoisotopic (exact) mass is 715 g/mol. The number of para-hydroxylation sites is 2. The van der Waals surface area contributed by atoms with Gasteiger partial charge >= 0.3 is 0 Å². The second kappa shape index (κ2) is 13.0. The largest absolute Gasteiger partial charge is 0.309 e. The summed E-state index contributed by atoms with van der Waals surface area (Å²) >= 11 is 0. The lowest BCUT2D eigenvalue weighted by molar-refractivity contribution is 1.15. The van der Waals surface area contributed by atoms with Crippen molar-refractivity contribution in [2.75, 3.05) is 0 Å². The van der Waals surface area contributed by atoms with E-state index in [4.69, 9.17) is 15.0 Å². The molecule has 0 N–H and O–H groups in total. The van der Waals surface area contributed by atoms with Gasteiger partial charge in [-0.25, -0.2) is 9.97 Å². The van der Waals surface area contributed by atoms with Crippen LogP contribution >= 0.6 is 0 Å². The number of hydrogen-bond donors (Lipinski definition) is 0. The van der Waals surface area contributed by atoms with Crippen molar-refractivity contribution in [3.63, 3.8) is 0 Å². The quantitative estimate of drug-likeness (QED) is 0.172. The van der Waals surface area contributed by atoms with E-state index < -0.39 is 0 Å². The third-order valence-corrected chi connectivity index (χ3v) is 10.8. The van der Waals surface area contributed by atoms with Gasteiger partial charge < -0.3 is 9.13 Å². The predicted molar refractivity (Wildman–Crippen MR) is 230 cm³/mol. The van der Waals surface area contributed by atoms with Crippen LogP contribution in [0.15, 0.2) is 200 Å². The fourth-order valence-corrected chi connectivity index (χ4v) is 8.17. The highest BCUT2D eigenvalue weighted by molar-refractivity contribution is 6.12. The minimum absolute atomic E-state index is 0.678. The van der Waals surface area contributed by atoms with Crippen LogP contribution in [0.3, 0.4) is 0 Å². The zero-order chi connectivity index (χ0) is 37.0. The van der Waals surface area contributed by atoms with Gasteiger partial charge in [0.25, 0.3) is 0 Å². The maximum Gasteiger partial charge on any atom is 0.160 e. The van der Waals surface area contributed by atoms with E-state index in [9.17, 15) is 0 Å². The summed E-state index contributed by atoms with van der Waals surface area (Å²) < 4.78 is 4.66. The molecule has 262 valence electrons. The summed E-state index contributed by atoms with van der Waals surface area (Å²) in [5, 5.41) is 3.57. The van der Waals surface area contributed by atoms with Crippen LogP contribution in [0.1, 0.15) is 0 Å². The number of aromatic nitrogens is 5. The average Bonchev–Trinajstić information content (AvgIpc) is 3.79. The maximum atomic E-state index is 5.12. The molecule has 0 saturated carbocycles. The number of benzene rings is 7. The van der Waals surface area contributed by atoms with Gasteiger partial charge in [-0.2, -0.15) is 0 Å². The van der Waals surface area contributed by atoms with Crippen LogP contribution in [-0.2, 0) is 0 Å². The molecule has 0 radical (unpaired) electrons. The molecule has 0 fully saturated rings. The van der Waals surface area contributed by atoms with Crippen molar-refractivity contribution in [2.45, 2.75) is 0 Å². The maximum absolute atomic E-state index is 5.12. The average molecular weight is 716 g/mol. The first-order valence-corrected chi connectivity index (χ1v) is 18.9. The fraction of sp³-hybridized carbons (Fsp3) is 0. The van der Waals surface area contributed by atoms with Gasteiger partial charge in [-0.1, -0.05) is 121 Å². The molecule has 0 aliphatic heterocycles. The molecule has 11 aromatic rings. The molecular formula is C51H33N5. The molecule has 0 spiro atoms. The van der Waals surface area contributed by atoms with Gasteiger partial charge in [0.15, 0.2) is 5.82 Å². The van der Waals surface area contributed by atoms with Crippen LogP contribution in [0.4, 0.5) is 0 Å². The minimum atomic E-state index is 0.678. The molecule has 4 heterocycles. The van der Waals surface area contributed by atoms with Crippen molar-refractivity contribution >= 4 is 43.7 Å². The molecule has 0 unspecified atom stereocenters. The molecule has 4 aromatic heterocycles. The molecule has 0 aliphatic carbocycles. The van der Waals surface area contributed by atoms with Gasteiger partial charge in [-0.3, -0.25) is 4.98 Å². The third kappa shape index (κ3) is 5.29. The van der Waals surface area contributed by atoms with Crippen molar-refractivity contribution in [3.05, 3.63) is 200 Å². The summed E-state index contributed by atoms with van der Waals surface area (Å²) in [4.78, 5) is 15.2. The fourth-order valence-electron chi connectivity index (χ4n) is 8.17. The summed E-state index contributed by atoms with van der Waals surface area (Å²) in [6, 6.07) is 68.2. The van der Waals surface area contributed by atoms with Gasteiger partial charge in [0.2, 0.25) is 0 Å². The first kappa shape index (κ1) is 31.9. The van der Waals surface area contributed by atoms with Crippen molar-refractivity contribution in [3.8, 4) is 56.4 Å². The summed E-state index contributed by atoms with van der Waals surface area (Å²) in [5.41, 5.74) is 14.8. The molecule has 0 amide bonds. The van der Waals surface area contributed by atoms with E-state index in [1.807, 2.05) is 48.7 Å². The second-order valence-electron chi connectivity index (χ2n) is 14.1. The summed E-state index contributed by atoms with van der Waals surface area (Å²) in [5.74, 6) is 0.678. The standard InChI is InChI=1S/C51H33N5/c1-4-14-34(15-5-1)44-33-45(35-16-6-2-7-17-35)54-51(53-44)38-18-12-21-40(30-38)56-48-28-26-37(32-43(48)50-49(56)24-13-29-52-50)36-25-27-47-42(31-36)41-22-10-11-23-46(41)55(47)39-19-8-3-9-20-39/h1-33H. The highest BCUT2D eigenvalue weighted by Crippen LogP contribution is 2.38. The highest BCUT2D eigenvalue weighted by atomic mass is 15.0. The van der Waals surface area contributed by atoms with Gasteiger partial charge in [0, 0.05) is 50.4 Å². The molecule has 5 nitrogen and oxygen atoms in total. The van der Waals surface area contributed by atoms with Crippen LogP contribution < -0.4 is 0 Å². The SMILES string of the molecule is c1ccc(-c2cc(-c3ccccc3)nc(-c3cccc(-n4c5ccc(-c6ccc7c(c6)c6ccccc6n7-c6ccccc6)cc5c5ncccc54)c3)n2)cc1. The molecule has 5 heteroatoms. The van der Waals surface area contributed by atoms with Crippen LogP contribution in [0.25, 0.3) is 100 Å². The van der Waals surface area contributed by atoms with Gasteiger partial charge in [-0.15, -0.1) is 0 Å². The Bertz CT molecular complexity index is 3180. The zero-order valence-corrected chi connectivity index (χ0v) is 30.3. The molecule has 0 atom stereocenters. The molecular weight excluding hydrogens is 683 g/mol. The number of hydrogen-bond acceptors (Lipinski definition) is 3. The Labute approximate surface area is 323 Å². The van der Waals surface area contributed by atoms with Gasteiger partial charge in [0.05, 0.1) is 39.0 Å². The molecule has 56 heavy (non-hydrogen) atoms. The van der Waals surface area contributed by atoms with E-state index in [1.54, 1.807) is 0 Å². The summed E-state index contributed by atoms with van der Waals surface area (Å²) in [6.45, 7) is 0. The van der Waals surface area contributed by atoms with E-state index in [0.29, 0.717) is 5.82 Å². The van der Waals surface area contributed by atoms with Crippen molar-refractivity contribution < 1.29 is 0 Å². The molecule has 7 aromatic carbocycles.